The van der Waals surface area contributed by atoms with E-state index in [1.54, 1.807) is 38.1 Å². The maximum atomic E-state index is 15.0. The molecule has 1 saturated heterocycles. The Bertz CT molecular complexity index is 2570. The number of amides is 1. The average Bonchev–Trinajstić information content (AvgIpc) is 3.81. The van der Waals surface area contributed by atoms with Gasteiger partial charge in [0.05, 0.1) is 53.1 Å². The molecule has 5 heterocycles. The van der Waals surface area contributed by atoms with Gasteiger partial charge in [-0.25, -0.2) is 13.8 Å². The molecule has 13 heteroatoms. The topological polar surface area (TPSA) is 130 Å². The number of hydrogen-bond donors (Lipinski definition) is 2. The van der Waals surface area contributed by atoms with Gasteiger partial charge in [-0.2, -0.15) is 10.4 Å². The highest BCUT2D eigenvalue weighted by atomic mass is 19.1. The highest BCUT2D eigenvalue weighted by molar-refractivity contribution is 6.06. The standard InChI is InChI=1S/C41H35F2N7O4/c1-23-30-18-27(19-33(43)38(30)48-47-23)45-40(51)26-7-9-35-34(17-26)46-37(50(35)21-28-12-15-52-28)22-49-13-10-25(11-14-49)29-4-3-5-36-39(29)54-41(2,53-36)31-8-6-24(20-44)16-32(31)42/h3-10,16-19,28H,11-15,21-22H2,1-2H3,(H,45,51)(H,47,48)/t28?,41-/m1/s1. The number of anilines is 1. The fourth-order valence-electron chi connectivity index (χ4n) is 7.50. The Balaban J connectivity index is 0.939. The Morgan fingerprint density at radius 2 is 1.98 bits per heavy atom. The van der Waals surface area contributed by atoms with E-state index in [-0.39, 0.29) is 23.1 Å². The number of aryl methyl sites for hydroxylation is 1. The minimum atomic E-state index is -1.38. The van der Waals surface area contributed by atoms with Gasteiger partial charge in [-0.1, -0.05) is 18.2 Å². The SMILES string of the molecule is Cc1n[nH]c2c(F)cc(NC(=O)c3ccc4c(c3)nc(CN3CC=C(c5cccc6c5O[C@](C)(c5ccc(C#N)cc5F)O6)CC3)n4CC3CCO3)cc12. The van der Waals surface area contributed by atoms with Crippen molar-refractivity contribution in [2.75, 3.05) is 25.0 Å². The molecule has 4 aromatic carbocycles. The molecular formula is C41H35F2N7O4. The summed E-state index contributed by atoms with van der Waals surface area (Å²) in [4.78, 5) is 20.7. The van der Waals surface area contributed by atoms with Crippen LogP contribution >= 0.6 is 0 Å². The van der Waals surface area contributed by atoms with Gasteiger partial charge in [0.1, 0.15) is 17.2 Å². The van der Waals surface area contributed by atoms with Crippen LogP contribution < -0.4 is 14.8 Å². The first-order valence-electron chi connectivity index (χ1n) is 17.8. The summed E-state index contributed by atoms with van der Waals surface area (Å²) >= 11 is 0. The fourth-order valence-corrected chi connectivity index (χ4v) is 7.50. The molecule has 2 N–H and O–H groups in total. The van der Waals surface area contributed by atoms with Crippen LogP contribution in [0.5, 0.6) is 11.5 Å². The number of para-hydroxylation sites is 1. The van der Waals surface area contributed by atoms with Crippen LogP contribution in [-0.2, 0) is 23.6 Å². The summed E-state index contributed by atoms with van der Waals surface area (Å²) in [6.45, 7) is 6.85. The number of fused-ring (bicyclic) bond motifs is 3. The Morgan fingerprint density at radius 1 is 1.11 bits per heavy atom. The number of H-pyrrole nitrogens is 1. The second kappa shape index (κ2) is 13.1. The Kier molecular flexibility index (Phi) is 8.17. The lowest BCUT2D eigenvalue weighted by atomic mass is 9.98. The van der Waals surface area contributed by atoms with E-state index in [1.807, 2.05) is 30.3 Å². The number of rotatable bonds is 8. The molecule has 3 aliphatic heterocycles. The van der Waals surface area contributed by atoms with Gasteiger partial charge in [-0.3, -0.25) is 14.8 Å². The quantitative estimate of drug-likeness (QED) is 0.167. The van der Waals surface area contributed by atoms with E-state index in [9.17, 15) is 14.4 Å². The number of aromatic amines is 1. The van der Waals surface area contributed by atoms with E-state index >= 15 is 4.39 Å². The Morgan fingerprint density at radius 3 is 2.74 bits per heavy atom. The lowest BCUT2D eigenvalue weighted by Crippen LogP contribution is -2.33. The number of ether oxygens (including phenoxy) is 3. The number of carbonyl (C=O) groups excluding carboxylic acids is 1. The van der Waals surface area contributed by atoms with Crippen molar-refractivity contribution in [3.63, 3.8) is 0 Å². The number of halogens is 2. The summed E-state index contributed by atoms with van der Waals surface area (Å²) in [7, 11) is 0. The van der Waals surface area contributed by atoms with E-state index < -0.39 is 17.4 Å². The third-order valence-corrected chi connectivity index (χ3v) is 10.5. The fraction of sp³-hybridized carbons (Fsp3) is 0.268. The minimum absolute atomic E-state index is 0.0963. The number of nitrogens with one attached hydrogen (secondary N) is 2. The molecule has 11 nitrogen and oxygen atoms in total. The molecule has 272 valence electrons. The van der Waals surface area contributed by atoms with Crippen LogP contribution in [0.1, 0.15) is 58.3 Å². The number of aromatic nitrogens is 4. The maximum absolute atomic E-state index is 15.0. The third kappa shape index (κ3) is 5.93. The van der Waals surface area contributed by atoms with Crippen LogP contribution in [0, 0.1) is 29.9 Å². The first kappa shape index (κ1) is 33.7. The number of benzene rings is 4. The van der Waals surface area contributed by atoms with Gasteiger partial charge < -0.3 is 24.1 Å². The van der Waals surface area contributed by atoms with Crippen molar-refractivity contribution in [3.8, 4) is 17.6 Å². The van der Waals surface area contributed by atoms with E-state index in [0.717, 1.165) is 48.5 Å². The van der Waals surface area contributed by atoms with Crippen molar-refractivity contribution < 1.29 is 27.8 Å². The van der Waals surface area contributed by atoms with Crippen LogP contribution in [0.2, 0.25) is 0 Å². The van der Waals surface area contributed by atoms with Gasteiger partial charge in [-0.05, 0) is 79.9 Å². The molecule has 2 atom stereocenters. The summed E-state index contributed by atoms with van der Waals surface area (Å²) in [5, 5.41) is 19.4. The van der Waals surface area contributed by atoms with Gasteiger partial charge in [0.15, 0.2) is 17.3 Å². The lowest BCUT2D eigenvalue weighted by Gasteiger charge is -2.29. The van der Waals surface area contributed by atoms with E-state index in [2.05, 4.69) is 31.1 Å². The highest BCUT2D eigenvalue weighted by Gasteiger charge is 2.42. The van der Waals surface area contributed by atoms with Crippen molar-refractivity contribution in [1.29, 1.82) is 5.26 Å². The van der Waals surface area contributed by atoms with Crippen LogP contribution in [0.15, 0.2) is 72.8 Å². The number of nitrogens with zero attached hydrogens (tertiary/aromatic N) is 5. The third-order valence-electron chi connectivity index (χ3n) is 10.5. The Hall–Kier alpha value is -6.10. The van der Waals surface area contributed by atoms with Crippen LogP contribution in [0.3, 0.4) is 0 Å². The van der Waals surface area contributed by atoms with Gasteiger partial charge in [0, 0.05) is 48.8 Å². The normalized spacial score (nSPS) is 19.5. The van der Waals surface area contributed by atoms with Crippen molar-refractivity contribution in [3.05, 3.63) is 118 Å². The largest absolute Gasteiger partial charge is 0.444 e. The molecule has 1 unspecified atom stereocenters. The zero-order valence-corrected chi connectivity index (χ0v) is 29.6. The Labute approximate surface area is 308 Å². The first-order valence-corrected chi connectivity index (χ1v) is 17.8. The minimum Gasteiger partial charge on any atom is -0.444 e. The molecule has 6 aromatic rings. The molecule has 9 rings (SSSR count). The molecule has 3 aliphatic rings. The summed E-state index contributed by atoms with van der Waals surface area (Å²) < 4.78 is 50.3. The molecule has 54 heavy (non-hydrogen) atoms. The predicted molar refractivity (Wildman–Crippen MR) is 197 cm³/mol. The van der Waals surface area contributed by atoms with Crippen molar-refractivity contribution in [1.82, 2.24) is 24.6 Å². The van der Waals surface area contributed by atoms with Crippen molar-refractivity contribution >= 4 is 39.1 Å². The number of imidazole rings is 1. The van der Waals surface area contributed by atoms with Crippen LogP contribution in [0.4, 0.5) is 14.5 Å². The highest BCUT2D eigenvalue weighted by Crippen LogP contribution is 2.49. The zero-order valence-electron chi connectivity index (χ0n) is 29.6. The second-order valence-electron chi connectivity index (χ2n) is 14.1. The smallest absolute Gasteiger partial charge is 0.278 e. The average molecular weight is 728 g/mol. The van der Waals surface area contributed by atoms with Gasteiger partial charge in [-0.15, -0.1) is 0 Å². The number of nitriles is 1. The molecule has 2 aromatic heterocycles. The molecule has 0 aliphatic carbocycles. The van der Waals surface area contributed by atoms with Gasteiger partial charge in [0.25, 0.3) is 11.7 Å². The molecule has 0 radical (unpaired) electrons. The lowest BCUT2D eigenvalue weighted by molar-refractivity contribution is -0.0708. The first-order chi connectivity index (χ1) is 26.2. The predicted octanol–water partition coefficient (Wildman–Crippen LogP) is 7.35. The van der Waals surface area contributed by atoms with Gasteiger partial charge in [0.2, 0.25) is 0 Å². The van der Waals surface area contributed by atoms with E-state index in [1.165, 1.54) is 18.2 Å². The second-order valence-corrected chi connectivity index (χ2v) is 14.1. The molecule has 1 fully saturated rings. The summed E-state index contributed by atoms with van der Waals surface area (Å²) in [6.07, 6.45) is 3.98. The maximum Gasteiger partial charge on any atom is 0.278 e. The summed E-state index contributed by atoms with van der Waals surface area (Å²) in [5.74, 6) is -0.843. The summed E-state index contributed by atoms with van der Waals surface area (Å²) in [5.41, 5.74) is 5.73. The molecule has 0 bridgehead atoms. The monoisotopic (exact) mass is 727 g/mol. The van der Waals surface area contributed by atoms with Crippen LogP contribution in [-0.4, -0.2) is 56.4 Å². The molecule has 1 amide bonds. The van der Waals surface area contributed by atoms with Crippen molar-refractivity contribution in [2.24, 2.45) is 0 Å². The number of hydrogen-bond acceptors (Lipinski definition) is 8. The molecule has 0 spiro atoms. The zero-order chi connectivity index (χ0) is 37.1. The van der Waals surface area contributed by atoms with E-state index in [0.29, 0.717) is 64.5 Å². The van der Waals surface area contributed by atoms with Gasteiger partial charge >= 0.3 is 0 Å². The summed E-state index contributed by atoms with van der Waals surface area (Å²) in [6, 6.07) is 20.4. The molecule has 0 saturated carbocycles. The number of carbonyl (C=O) groups is 1. The van der Waals surface area contributed by atoms with Crippen LogP contribution in [0.25, 0.3) is 27.5 Å². The van der Waals surface area contributed by atoms with E-state index in [4.69, 9.17) is 19.2 Å². The molecular weight excluding hydrogens is 692 g/mol. The van der Waals surface area contributed by atoms with Crippen molar-refractivity contribution in [2.45, 2.75) is 51.7 Å².